The van der Waals surface area contributed by atoms with Crippen LogP contribution in [-0.4, -0.2) is 8.97 Å². The first-order valence-corrected chi connectivity index (χ1v) is 13.4. The zero-order valence-electron chi connectivity index (χ0n) is 20.8. The van der Waals surface area contributed by atoms with E-state index in [9.17, 15) is 0 Å². The van der Waals surface area contributed by atoms with Crippen molar-refractivity contribution in [1.29, 1.82) is 0 Å². The van der Waals surface area contributed by atoms with Crippen LogP contribution < -0.4 is 0 Å². The third-order valence-corrected chi connectivity index (χ3v) is 8.63. The van der Waals surface area contributed by atoms with Crippen LogP contribution in [0.2, 0.25) is 0 Å². The first-order chi connectivity index (χ1) is 19.4. The Morgan fingerprint density at radius 2 is 1.10 bits per heavy atom. The molecule has 0 amide bonds. The van der Waals surface area contributed by atoms with Gasteiger partial charge >= 0.3 is 0 Å². The van der Waals surface area contributed by atoms with E-state index < -0.39 is 0 Å². The maximum atomic E-state index is 6.54. The molecule has 0 saturated heterocycles. The minimum absolute atomic E-state index is 0.933. The fourth-order valence-electron chi connectivity index (χ4n) is 7.13. The molecule has 0 N–H and O–H groups in total. The molecule has 10 rings (SSSR count). The molecular weight excluding hydrogens is 476 g/mol. The summed E-state index contributed by atoms with van der Waals surface area (Å²) in [6.07, 6.45) is 0. The maximum absolute atomic E-state index is 6.54. The lowest BCUT2D eigenvalue weighted by atomic mass is 10.0. The summed E-state index contributed by atoms with van der Waals surface area (Å²) in [6.45, 7) is 0. The van der Waals surface area contributed by atoms with Crippen molar-refractivity contribution < 1.29 is 4.42 Å². The number of rotatable bonds is 1. The van der Waals surface area contributed by atoms with Crippen molar-refractivity contribution in [3.63, 3.8) is 0 Å². The summed E-state index contributed by atoms with van der Waals surface area (Å²) in [7, 11) is 0. The normalized spacial score (nSPS) is 12.6. The highest BCUT2D eigenvalue weighted by atomic mass is 16.3. The van der Waals surface area contributed by atoms with Gasteiger partial charge in [0.05, 0.1) is 33.0 Å². The van der Waals surface area contributed by atoms with Crippen molar-refractivity contribution in [2.24, 2.45) is 0 Å². The number of furan rings is 1. The van der Waals surface area contributed by atoms with Crippen molar-refractivity contribution in [3.05, 3.63) is 121 Å². The van der Waals surface area contributed by atoms with E-state index in [1.165, 1.54) is 71.0 Å². The maximum Gasteiger partial charge on any atom is 0.145 e. The van der Waals surface area contributed by atoms with E-state index in [-0.39, 0.29) is 0 Å². The Balaban J connectivity index is 1.50. The topological polar surface area (TPSA) is 22.5 Å². The summed E-state index contributed by atoms with van der Waals surface area (Å²) in [5.74, 6) is 0. The molecule has 3 heteroatoms. The summed E-state index contributed by atoms with van der Waals surface area (Å²) in [4.78, 5) is 0. The van der Waals surface area contributed by atoms with Gasteiger partial charge in [-0.1, -0.05) is 78.9 Å². The van der Waals surface area contributed by atoms with Crippen LogP contribution in [-0.2, 0) is 0 Å². The second-order valence-electron chi connectivity index (χ2n) is 10.5. The lowest BCUT2D eigenvalue weighted by Crippen LogP contribution is -1.92. The third kappa shape index (κ3) is 2.27. The number of para-hydroxylation sites is 4. The van der Waals surface area contributed by atoms with Crippen LogP contribution in [0.4, 0.5) is 0 Å². The first-order valence-electron chi connectivity index (χ1n) is 13.4. The lowest BCUT2D eigenvalue weighted by Gasteiger charge is -2.07. The number of nitrogens with zero attached hydrogens (tertiary/aromatic N) is 2. The molecule has 0 spiro atoms. The summed E-state index contributed by atoms with van der Waals surface area (Å²) in [5, 5.41) is 9.87. The molecule has 0 saturated carbocycles. The summed E-state index contributed by atoms with van der Waals surface area (Å²) in [6, 6.07) is 43.6. The largest absolute Gasteiger partial charge is 0.455 e. The second kappa shape index (κ2) is 6.77. The van der Waals surface area contributed by atoms with Crippen LogP contribution in [0.5, 0.6) is 0 Å². The molecule has 4 heterocycles. The highest BCUT2D eigenvalue weighted by Crippen LogP contribution is 2.46. The fraction of sp³-hybridized carbons (Fsp3) is 0. The van der Waals surface area contributed by atoms with E-state index in [2.05, 4.69) is 124 Å². The molecule has 3 nitrogen and oxygen atoms in total. The molecule has 0 aliphatic heterocycles. The summed E-state index contributed by atoms with van der Waals surface area (Å²) >= 11 is 0. The van der Waals surface area contributed by atoms with E-state index in [1.54, 1.807) is 0 Å². The van der Waals surface area contributed by atoms with Gasteiger partial charge in [-0.05, 0) is 42.5 Å². The van der Waals surface area contributed by atoms with Crippen LogP contribution in [0.25, 0.3) is 87.5 Å². The average molecular weight is 497 g/mol. The van der Waals surface area contributed by atoms with E-state index >= 15 is 0 Å². The number of fused-ring (bicyclic) bond motifs is 14. The molecule has 180 valence electrons. The molecule has 0 fully saturated rings. The van der Waals surface area contributed by atoms with Gasteiger partial charge in [-0.2, -0.15) is 0 Å². The molecule has 0 atom stereocenters. The Labute approximate surface area is 222 Å². The second-order valence-corrected chi connectivity index (χ2v) is 10.5. The number of hydrogen-bond donors (Lipinski definition) is 0. The van der Waals surface area contributed by atoms with Crippen molar-refractivity contribution >= 4 is 81.8 Å². The number of benzene rings is 6. The van der Waals surface area contributed by atoms with Gasteiger partial charge in [-0.25, -0.2) is 0 Å². The van der Waals surface area contributed by atoms with Crippen molar-refractivity contribution in [1.82, 2.24) is 8.97 Å². The van der Waals surface area contributed by atoms with Gasteiger partial charge < -0.3 is 13.4 Å². The zero-order chi connectivity index (χ0) is 25.2. The van der Waals surface area contributed by atoms with Crippen LogP contribution in [0.1, 0.15) is 0 Å². The quantitative estimate of drug-likeness (QED) is 0.222. The molecule has 4 aromatic heterocycles. The molecule has 0 aliphatic rings. The average Bonchev–Trinajstić information content (AvgIpc) is 3.72. The Morgan fingerprint density at radius 3 is 2.03 bits per heavy atom. The fourth-order valence-corrected chi connectivity index (χ4v) is 7.13. The highest BCUT2D eigenvalue weighted by molar-refractivity contribution is 6.33. The molecular formula is C36H20N2O. The van der Waals surface area contributed by atoms with Crippen LogP contribution >= 0.6 is 0 Å². The smallest absolute Gasteiger partial charge is 0.145 e. The first kappa shape index (κ1) is 19.8. The van der Waals surface area contributed by atoms with E-state index in [0.717, 1.165) is 16.6 Å². The Morgan fingerprint density at radius 1 is 0.410 bits per heavy atom. The third-order valence-electron chi connectivity index (χ3n) is 8.63. The standard InChI is InChI=1S/C36H20N2O/c1-2-9-21(10-3-1)37-28-15-6-4-12-26(28)32-29(37)19-17-24-23-13-8-14-27-33-30(38(34(23)27)35(24)32)20-18-25-22-11-5-7-16-31(22)39-36(25)33/h1-20H. The van der Waals surface area contributed by atoms with Gasteiger partial charge in [0.15, 0.2) is 0 Å². The van der Waals surface area contributed by atoms with Gasteiger partial charge in [0.25, 0.3) is 0 Å². The summed E-state index contributed by atoms with van der Waals surface area (Å²) < 4.78 is 11.4. The van der Waals surface area contributed by atoms with Crippen molar-refractivity contribution in [2.75, 3.05) is 0 Å². The van der Waals surface area contributed by atoms with Crippen LogP contribution in [0.3, 0.4) is 0 Å². The molecule has 6 aromatic carbocycles. The number of hydrogen-bond acceptors (Lipinski definition) is 1. The van der Waals surface area contributed by atoms with E-state index in [1.807, 2.05) is 6.07 Å². The monoisotopic (exact) mass is 496 g/mol. The predicted octanol–water partition coefficient (Wildman–Crippen LogP) is 9.83. The van der Waals surface area contributed by atoms with Crippen molar-refractivity contribution in [3.8, 4) is 5.69 Å². The lowest BCUT2D eigenvalue weighted by molar-refractivity contribution is 0.673. The molecule has 10 aromatic rings. The predicted molar refractivity (Wildman–Crippen MR) is 163 cm³/mol. The Kier molecular flexibility index (Phi) is 3.44. The number of aromatic nitrogens is 2. The van der Waals surface area contributed by atoms with Crippen LogP contribution in [0, 0.1) is 0 Å². The summed E-state index contributed by atoms with van der Waals surface area (Å²) in [5.41, 5.74) is 9.22. The minimum Gasteiger partial charge on any atom is -0.455 e. The van der Waals surface area contributed by atoms with Gasteiger partial charge in [-0.3, -0.25) is 0 Å². The minimum atomic E-state index is 0.933. The molecule has 39 heavy (non-hydrogen) atoms. The SMILES string of the molecule is c1ccc(-n2c3ccccc3c3c2ccc2c4cccc5c6c7oc8ccccc8c7ccc6n(c45)c23)cc1. The Hall–Kier alpha value is -5.28. The van der Waals surface area contributed by atoms with E-state index in [0.29, 0.717) is 0 Å². The van der Waals surface area contributed by atoms with Crippen molar-refractivity contribution in [2.45, 2.75) is 0 Å². The zero-order valence-corrected chi connectivity index (χ0v) is 20.8. The molecule has 0 unspecified atom stereocenters. The van der Waals surface area contributed by atoms with Gasteiger partial charge in [-0.15, -0.1) is 0 Å². The molecule has 0 radical (unpaired) electrons. The Bertz CT molecular complexity index is 2600. The molecule has 0 bridgehead atoms. The molecule has 0 aliphatic carbocycles. The van der Waals surface area contributed by atoms with Gasteiger partial charge in [0.2, 0.25) is 0 Å². The van der Waals surface area contributed by atoms with Gasteiger partial charge in [0.1, 0.15) is 11.2 Å². The van der Waals surface area contributed by atoms with E-state index in [4.69, 9.17) is 4.42 Å². The highest BCUT2D eigenvalue weighted by Gasteiger charge is 2.24. The van der Waals surface area contributed by atoms with Crippen LogP contribution in [0.15, 0.2) is 126 Å². The van der Waals surface area contributed by atoms with Gasteiger partial charge in [0, 0.05) is 43.4 Å².